The van der Waals surface area contributed by atoms with E-state index >= 15 is 0 Å². The Labute approximate surface area is 320 Å². The zero-order chi connectivity index (χ0) is 39.3. The second-order valence-corrected chi connectivity index (χ2v) is 14.8. The fourth-order valence-electron chi connectivity index (χ4n) is 5.13. The van der Waals surface area contributed by atoms with Gasteiger partial charge in [-0.2, -0.15) is 0 Å². The summed E-state index contributed by atoms with van der Waals surface area (Å²) in [6.45, 7) is 2.64. The Morgan fingerprint density at radius 2 is 1.06 bits per heavy atom. The van der Waals surface area contributed by atoms with Crippen LogP contribution in [0.3, 0.4) is 0 Å². The molecule has 1 unspecified atom stereocenters. The average Bonchev–Trinajstić information content (AvgIpc) is 3.13. The van der Waals surface area contributed by atoms with E-state index in [9.17, 15) is 23.8 Å². The Bertz CT molecular complexity index is 1090. The Kier molecular flexibility index (Phi) is 34.7. The maximum absolute atomic E-state index is 12.6. The summed E-state index contributed by atoms with van der Waals surface area (Å²) in [7, 11) is -4.72. The number of carboxylic acids is 1. The summed E-state index contributed by atoms with van der Waals surface area (Å²) < 4.78 is 32.6. The van der Waals surface area contributed by atoms with Crippen LogP contribution in [0.15, 0.2) is 48.6 Å². The van der Waals surface area contributed by atoms with Crippen molar-refractivity contribution in [1.82, 2.24) is 0 Å². The fraction of sp³-hybridized carbons (Fsp3) is 0.732. The topological polar surface area (TPSA) is 172 Å². The Morgan fingerprint density at radius 1 is 0.604 bits per heavy atom. The van der Waals surface area contributed by atoms with Crippen LogP contribution < -0.4 is 5.73 Å². The van der Waals surface area contributed by atoms with Gasteiger partial charge in [-0.1, -0.05) is 127 Å². The first-order valence-electron chi connectivity index (χ1n) is 20.2. The van der Waals surface area contributed by atoms with Crippen LogP contribution in [0.25, 0.3) is 0 Å². The summed E-state index contributed by atoms with van der Waals surface area (Å²) in [4.78, 5) is 45.8. The molecule has 0 amide bonds. The Balaban J connectivity index is 4.45. The quantitative estimate of drug-likeness (QED) is 0.0238. The van der Waals surface area contributed by atoms with E-state index in [1.165, 1.54) is 32.1 Å². The predicted molar refractivity (Wildman–Crippen MR) is 212 cm³/mol. The molecule has 11 nitrogen and oxygen atoms in total. The van der Waals surface area contributed by atoms with Crippen LogP contribution in [0.2, 0.25) is 0 Å². The number of aliphatic carboxylic acids is 1. The van der Waals surface area contributed by atoms with E-state index < -0.39 is 51.1 Å². The molecule has 0 radical (unpaired) electrons. The van der Waals surface area contributed by atoms with Gasteiger partial charge in [0.15, 0.2) is 6.10 Å². The molecule has 0 rings (SSSR count). The average molecular weight is 770 g/mol. The van der Waals surface area contributed by atoms with Crippen molar-refractivity contribution in [2.24, 2.45) is 5.73 Å². The van der Waals surface area contributed by atoms with Gasteiger partial charge in [0.1, 0.15) is 12.6 Å². The number of hydrogen-bond acceptors (Lipinski definition) is 9. The molecule has 0 aliphatic heterocycles. The predicted octanol–water partition coefficient (Wildman–Crippen LogP) is 10.2. The maximum atomic E-state index is 12.6. The van der Waals surface area contributed by atoms with Crippen LogP contribution in [0.1, 0.15) is 162 Å². The maximum Gasteiger partial charge on any atom is 0.472 e. The van der Waals surface area contributed by atoms with E-state index in [0.717, 1.165) is 89.9 Å². The summed E-state index contributed by atoms with van der Waals surface area (Å²) in [5.74, 6) is -2.42. The smallest absolute Gasteiger partial charge is 0.472 e. The first-order valence-corrected chi connectivity index (χ1v) is 21.7. The Hall–Kier alpha value is -2.56. The van der Waals surface area contributed by atoms with Crippen LogP contribution in [-0.4, -0.2) is 59.9 Å². The lowest BCUT2D eigenvalue weighted by molar-refractivity contribution is -0.161. The molecule has 0 aromatic rings. The number of allylic oxidation sites excluding steroid dienone is 8. The molecule has 0 aromatic heterocycles. The standard InChI is InChI=1S/C41H72NO10P/c1-3-5-7-9-11-13-15-17-19-21-22-24-26-28-30-32-39(43)49-34-37(35-50-53(47,48)51-36-38(42)41(45)46)52-40(44)33-31-29-27-25-23-20-18-16-14-12-10-8-6-4-2/h5,7,11,13,16-19,37-38H,3-4,6,8-10,12,14-15,20-36,42H2,1-2H3,(H,45,46)(H,47,48)/b7-5-,13-11-,18-16-,19-17-/t37-,38+/m1/s1. The summed E-state index contributed by atoms with van der Waals surface area (Å²) in [6.07, 6.45) is 38.9. The van der Waals surface area contributed by atoms with Gasteiger partial charge >= 0.3 is 25.7 Å². The number of ether oxygens (including phenoxy) is 2. The number of carbonyl (C=O) groups is 3. The van der Waals surface area contributed by atoms with E-state index in [2.05, 4.69) is 67.0 Å². The van der Waals surface area contributed by atoms with Gasteiger partial charge in [0, 0.05) is 12.8 Å². The van der Waals surface area contributed by atoms with Crippen molar-refractivity contribution < 1.29 is 47.5 Å². The van der Waals surface area contributed by atoms with Crippen molar-refractivity contribution in [3.63, 3.8) is 0 Å². The molecule has 0 bridgehead atoms. The summed E-state index contributed by atoms with van der Waals surface area (Å²) in [5.41, 5.74) is 5.32. The van der Waals surface area contributed by atoms with Crippen molar-refractivity contribution in [1.29, 1.82) is 0 Å². The number of nitrogens with two attached hydrogens (primary N) is 1. The molecule has 0 spiro atoms. The molecule has 306 valence electrons. The zero-order valence-corrected chi connectivity index (χ0v) is 33.7. The highest BCUT2D eigenvalue weighted by Gasteiger charge is 2.28. The number of phosphoric acid groups is 1. The van der Waals surface area contributed by atoms with Crippen molar-refractivity contribution >= 4 is 25.7 Å². The molecule has 0 heterocycles. The van der Waals surface area contributed by atoms with Crippen molar-refractivity contribution in [2.75, 3.05) is 19.8 Å². The van der Waals surface area contributed by atoms with Crippen LogP contribution in [0.4, 0.5) is 0 Å². The molecule has 0 aliphatic carbocycles. The minimum atomic E-state index is -4.72. The van der Waals surface area contributed by atoms with Crippen molar-refractivity contribution in [3.05, 3.63) is 48.6 Å². The fourth-order valence-corrected chi connectivity index (χ4v) is 5.91. The van der Waals surface area contributed by atoms with E-state index in [-0.39, 0.29) is 19.4 Å². The molecule has 3 atom stereocenters. The third-order valence-corrected chi connectivity index (χ3v) is 9.26. The normalized spacial score (nSPS) is 14.3. The van der Waals surface area contributed by atoms with Gasteiger partial charge in [-0.3, -0.25) is 23.4 Å². The monoisotopic (exact) mass is 769 g/mol. The molecule has 0 saturated heterocycles. The lowest BCUT2D eigenvalue weighted by Crippen LogP contribution is -2.34. The molecule has 4 N–H and O–H groups in total. The molecule has 12 heteroatoms. The number of hydrogen-bond donors (Lipinski definition) is 3. The largest absolute Gasteiger partial charge is 0.480 e. The zero-order valence-electron chi connectivity index (χ0n) is 32.8. The lowest BCUT2D eigenvalue weighted by Gasteiger charge is -2.20. The van der Waals surface area contributed by atoms with E-state index in [1.54, 1.807) is 0 Å². The van der Waals surface area contributed by atoms with Gasteiger partial charge in [-0.25, -0.2) is 4.57 Å². The first kappa shape index (κ1) is 50.4. The lowest BCUT2D eigenvalue weighted by atomic mass is 10.1. The summed E-state index contributed by atoms with van der Waals surface area (Å²) >= 11 is 0. The molecular formula is C41H72NO10P. The van der Waals surface area contributed by atoms with E-state index in [0.29, 0.717) is 12.8 Å². The van der Waals surface area contributed by atoms with Crippen molar-refractivity contribution in [3.8, 4) is 0 Å². The second-order valence-electron chi connectivity index (χ2n) is 13.4. The van der Waals surface area contributed by atoms with Gasteiger partial charge in [0.05, 0.1) is 13.2 Å². The van der Waals surface area contributed by atoms with Gasteiger partial charge < -0.3 is 25.2 Å². The van der Waals surface area contributed by atoms with Gasteiger partial charge in [0.2, 0.25) is 0 Å². The minimum absolute atomic E-state index is 0.146. The number of unbranched alkanes of at least 4 members (excludes halogenated alkanes) is 15. The van der Waals surface area contributed by atoms with Crippen molar-refractivity contribution in [2.45, 2.75) is 174 Å². The number of phosphoric ester groups is 1. The summed E-state index contributed by atoms with van der Waals surface area (Å²) in [5, 5.41) is 8.87. The van der Waals surface area contributed by atoms with Crippen LogP contribution >= 0.6 is 7.82 Å². The van der Waals surface area contributed by atoms with Crippen LogP contribution in [-0.2, 0) is 37.5 Å². The number of rotatable bonds is 37. The third kappa shape index (κ3) is 36.2. The van der Waals surface area contributed by atoms with Gasteiger partial charge in [0.25, 0.3) is 0 Å². The highest BCUT2D eigenvalue weighted by molar-refractivity contribution is 7.47. The molecular weight excluding hydrogens is 697 g/mol. The van der Waals surface area contributed by atoms with E-state index in [4.69, 9.17) is 24.8 Å². The highest BCUT2D eigenvalue weighted by atomic mass is 31.2. The van der Waals surface area contributed by atoms with Crippen LogP contribution in [0.5, 0.6) is 0 Å². The summed E-state index contributed by atoms with van der Waals surface area (Å²) in [6, 6.07) is -1.53. The van der Waals surface area contributed by atoms with E-state index in [1.807, 2.05) is 0 Å². The first-order chi connectivity index (χ1) is 25.6. The second kappa shape index (κ2) is 36.4. The molecule has 0 fully saturated rings. The molecule has 0 saturated carbocycles. The molecule has 53 heavy (non-hydrogen) atoms. The highest BCUT2D eigenvalue weighted by Crippen LogP contribution is 2.43. The molecule has 0 aliphatic rings. The van der Waals surface area contributed by atoms with Gasteiger partial charge in [-0.15, -0.1) is 0 Å². The number of esters is 2. The Morgan fingerprint density at radius 3 is 1.60 bits per heavy atom. The van der Waals surface area contributed by atoms with Gasteiger partial charge in [-0.05, 0) is 70.6 Å². The molecule has 0 aromatic carbocycles. The van der Waals surface area contributed by atoms with Crippen LogP contribution in [0, 0.1) is 0 Å². The third-order valence-electron chi connectivity index (χ3n) is 8.31. The minimum Gasteiger partial charge on any atom is -0.480 e. The number of carboxylic acid groups (broad SMARTS) is 1. The number of carbonyl (C=O) groups excluding carboxylic acids is 2. The SMILES string of the molecule is CC/C=C\C/C=C\C/C=C\CCCCCCCC(=O)OC[C@H](COP(=O)(O)OC[C@H](N)C(=O)O)OC(=O)CCCCCCC/C=C\CCCCCCC.